The Kier molecular flexibility index (Phi) is 15.8. The Labute approximate surface area is 189 Å². The minimum absolute atomic E-state index is 0.126. The van der Waals surface area contributed by atoms with Crippen molar-refractivity contribution in [1.29, 1.82) is 0 Å². The minimum Gasteiger partial charge on any atom is -0.373 e. The number of rotatable bonds is 18. The molecule has 6 heteroatoms. The average Bonchev–Trinajstić information content (AvgIpc) is 2.65. The van der Waals surface area contributed by atoms with E-state index in [0.29, 0.717) is 0 Å². The second-order valence-corrected chi connectivity index (χ2v) is 20.6. The van der Waals surface area contributed by atoms with Crippen LogP contribution >= 0.6 is 11.2 Å². The lowest BCUT2D eigenvalue weighted by molar-refractivity contribution is 0.0405. The summed E-state index contributed by atoms with van der Waals surface area (Å²) >= 11 is 2.18. The Balaban J connectivity index is 5.72. The summed E-state index contributed by atoms with van der Waals surface area (Å²) in [6.45, 7) is 22.2. The molecule has 0 rings (SSSR count). The summed E-state index contributed by atoms with van der Waals surface area (Å²) in [5, 5.41) is 0. The van der Waals surface area contributed by atoms with Crippen LogP contribution < -0.4 is 0 Å². The van der Waals surface area contributed by atoms with Crippen molar-refractivity contribution in [2.24, 2.45) is 5.41 Å². The highest BCUT2D eigenvalue weighted by molar-refractivity contribution is 8.29. The summed E-state index contributed by atoms with van der Waals surface area (Å²) < 4.78 is 20.2. The first-order valence-corrected chi connectivity index (χ1v) is 18.4. The highest BCUT2D eigenvalue weighted by Crippen LogP contribution is 2.41. The zero-order chi connectivity index (χ0) is 22.4. The zero-order valence-electron chi connectivity index (χ0n) is 21.2. The van der Waals surface area contributed by atoms with E-state index in [0.717, 1.165) is 57.8 Å². The van der Waals surface area contributed by atoms with Crippen molar-refractivity contribution in [2.45, 2.75) is 130 Å². The molecule has 0 saturated carbocycles. The van der Waals surface area contributed by atoms with Crippen LogP contribution in [0.4, 0.5) is 0 Å². The molecule has 3 nitrogen and oxygen atoms in total. The van der Waals surface area contributed by atoms with Gasteiger partial charge in [-0.05, 0) is 24.7 Å². The standard InChI is InChI=1S/C23H52O3SSi2/c1-10-16-19-24-29(21-23(7,8)9,25-20-17-11-2)26-22(18-12-3)27-28(13-4,14-5)15-6/h22H,10-21H2,1-9H3. The summed E-state index contributed by atoms with van der Waals surface area (Å²) in [6, 6.07) is 4.84. The van der Waals surface area contributed by atoms with Crippen LogP contribution in [0.15, 0.2) is 0 Å². The molecule has 1 atom stereocenters. The lowest BCUT2D eigenvalue weighted by Gasteiger charge is -2.39. The Morgan fingerprint density at radius 3 is 1.59 bits per heavy atom. The van der Waals surface area contributed by atoms with Crippen molar-refractivity contribution in [3.63, 3.8) is 0 Å². The topological polar surface area (TPSA) is 27.7 Å². The molecule has 0 saturated heterocycles. The first kappa shape index (κ1) is 29.7. The molecule has 0 N–H and O–H groups in total. The third kappa shape index (κ3) is 12.3. The minimum atomic E-state index is -2.74. The van der Waals surface area contributed by atoms with Gasteiger partial charge in [-0.25, -0.2) is 0 Å². The van der Waals surface area contributed by atoms with E-state index >= 15 is 0 Å². The van der Waals surface area contributed by atoms with Crippen molar-refractivity contribution in [2.75, 3.05) is 13.2 Å². The number of hydrogen-bond donors (Lipinski definition) is 0. The van der Waals surface area contributed by atoms with Gasteiger partial charge in [0.2, 0.25) is 0 Å². The number of unbranched alkanes of at least 4 members (excludes halogenated alkanes) is 2. The van der Waals surface area contributed by atoms with Crippen LogP contribution in [0.1, 0.15) is 101 Å². The van der Waals surface area contributed by atoms with Gasteiger partial charge in [-0.3, -0.25) is 0 Å². The maximum atomic E-state index is 7.00. The molecule has 0 aliphatic carbocycles. The molecule has 0 heterocycles. The second-order valence-electron chi connectivity index (χ2n) is 9.52. The van der Waals surface area contributed by atoms with Crippen molar-refractivity contribution >= 4 is 27.2 Å². The molecule has 0 aliphatic rings. The largest absolute Gasteiger partial charge is 0.502 e. The summed E-state index contributed by atoms with van der Waals surface area (Å²) in [7, 11) is -4.09. The molecule has 176 valence electrons. The summed E-state index contributed by atoms with van der Waals surface area (Å²) in [6.07, 6.45) is 6.65. The Morgan fingerprint density at radius 2 is 1.24 bits per heavy atom. The Hall–Kier alpha value is 0.664. The summed E-state index contributed by atoms with van der Waals surface area (Å²) in [5.74, 6) is 0. The van der Waals surface area contributed by atoms with Crippen molar-refractivity contribution < 1.29 is 13.3 Å². The van der Waals surface area contributed by atoms with Crippen LogP contribution in [0.3, 0.4) is 0 Å². The molecule has 0 spiro atoms. The van der Waals surface area contributed by atoms with E-state index in [9.17, 15) is 0 Å². The fourth-order valence-electron chi connectivity index (χ4n) is 3.50. The molecule has 0 aromatic heterocycles. The molecular weight excluding hydrogens is 412 g/mol. The van der Waals surface area contributed by atoms with Crippen molar-refractivity contribution in [3.8, 4) is 0 Å². The second kappa shape index (κ2) is 15.5. The molecule has 0 amide bonds. The van der Waals surface area contributed by atoms with Gasteiger partial charge in [-0.2, -0.15) is 11.2 Å². The monoisotopic (exact) mass is 464 g/mol. The molecule has 0 aromatic carbocycles. The van der Waals surface area contributed by atoms with Crippen LogP contribution in [0.25, 0.3) is 0 Å². The first-order chi connectivity index (χ1) is 13.6. The molecule has 0 fully saturated rings. The average molecular weight is 465 g/mol. The van der Waals surface area contributed by atoms with Gasteiger partial charge < -0.3 is 13.3 Å². The van der Waals surface area contributed by atoms with Gasteiger partial charge in [-0.15, -0.1) is 0 Å². The van der Waals surface area contributed by atoms with E-state index < -0.39 is 16.0 Å². The lowest BCUT2D eigenvalue weighted by Crippen LogP contribution is -2.51. The molecule has 0 bridgehead atoms. The van der Waals surface area contributed by atoms with Crippen LogP contribution in [-0.4, -0.2) is 34.7 Å². The van der Waals surface area contributed by atoms with Crippen LogP contribution in [0.2, 0.25) is 24.2 Å². The van der Waals surface area contributed by atoms with Gasteiger partial charge >= 0.3 is 8.80 Å². The normalized spacial score (nSPS) is 14.4. The Morgan fingerprint density at radius 1 is 0.759 bits per heavy atom. The molecule has 0 aliphatic heterocycles. The third-order valence-electron chi connectivity index (χ3n) is 5.54. The quantitative estimate of drug-likeness (QED) is 0.115. The van der Waals surface area contributed by atoms with Crippen LogP contribution in [0.5, 0.6) is 0 Å². The van der Waals surface area contributed by atoms with Gasteiger partial charge in [0, 0.05) is 19.3 Å². The van der Waals surface area contributed by atoms with Gasteiger partial charge in [-0.1, -0.05) is 99.7 Å². The molecule has 1 unspecified atom stereocenters. The van der Waals surface area contributed by atoms with E-state index in [1.807, 2.05) is 0 Å². The SMILES string of the molecule is CCCCO[Si](CC(C)(C)C)(OCCCC)OC(CCC)S[Si](CC)(CC)CC. The maximum Gasteiger partial charge on any atom is 0.502 e. The molecule has 29 heavy (non-hydrogen) atoms. The van der Waals surface area contributed by atoms with E-state index in [1.165, 1.54) is 18.1 Å². The van der Waals surface area contributed by atoms with Crippen LogP contribution in [0, 0.1) is 5.41 Å². The summed E-state index contributed by atoms with van der Waals surface area (Å²) in [4.78, 5) is 0. The molecule has 0 aromatic rings. The fraction of sp³-hybridized carbons (Fsp3) is 1.00. The van der Waals surface area contributed by atoms with Gasteiger partial charge in [0.05, 0.1) is 5.44 Å². The van der Waals surface area contributed by atoms with E-state index in [1.54, 1.807) is 0 Å². The fourth-order valence-corrected chi connectivity index (χ4v) is 14.2. The lowest BCUT2D eigenvalue weighted by atomic mass is 10.0. The van der Waals surface area contributed by atoms with Gasteiger partial charge in [0.25, 0.3) is 0 Å². The number of hydrogen-bond acceptors (Lipinski definition) is 4. The van der Waals surface area contributed by atoms with E-state index in [-0.39, 0.29) is 10.9 Å². The van der Waals surface area contributed by atoms with Crippen LogP contribution in [-0.2, 0) is 13.3 Å². The van der Waals surface area contributed by atoms with Crippen molar-refractivity contribution in [3.05, 3.63) is 0 Å². The predicted octanol–water partition coefficient (Wildman–Crippen LogP) is 8.49. The third-order valence-corrected chi connectivity index (χ3v) is 19.0. The first-order valence-electron chi connectivity index (χ1n) is 12.3. The van der Waals surface area contributed by atoms with Gasteiger partial charge in [0.1, 0.15) is 7.22 Å². The molecule has 0 radical (unpaired) electrons. The predicted molar refractivity (Wildman–Crippen MR) is 136 cm³/mol. The highest BCUT2D eigenvalue weighted by Gasteiger charge is 2.47. The zero-order valence-corrected chi connectivity index (χ0v) is 24.0. The summed E-state index contributed by atoms with van der Waals surface area (Å²) in [5.41, 5.74) is 0.338. The highest BCUT2D eigenvalue weighted by atomic mass is 32.4. The van der Waals surface area contributed by atoms with E-state index in [4.69, 9.17) is 13.3 Å². The smallest absolute Gasteiger partial charge is 0.373 e. The molecular formula is C23H52O3SSi2. The van der Waals surface area contributed by atoms with Gasteiger partial charge in [0.15, 0.2) is 0 Å². The van der Waals surface area contributed by atoms with Crippen molar-refractivity contribution in [1.82, 2.24) is 0 Å². The maximum absolute atomic E-state index is 7.00. The Bertz CT molecular complexity index is 380. The van der Waals surface area contributed by atoms with E-state index in [2.05, 4.69) is 73.5 Å².